The molecule has 0 aliphatic heterocycles. The number of pyridine rings is 1. The van der Waals surface area contributed by atoms with Gasteiger partial charge < -0.3 is 5.32 Å². The van der Waals surface area contributed by atoms with E-state index in [0.717, 1.165) is 22.7 Å². The summed E-state index contributed by atoms with van der Waals surface area (Å²) in [5, 5.41) is 12.3. The molecule has 1 aliphatic carbocycles. The molecular weight excluding hydrogens is 346 g/mol. The zero-order chi connectivity index (χ0) is 18.2. The third-order valence-corrected chi connectivity index (χ3v) is 6.20. The summed E-state index contributed by atoms with van der Waals surface area (Å²) in [6.07, 6.45) is 4.95. The number of H-pyrrole nitrogens is 1. The number of aromatic nitrogens is 4. The monoisotopic (exact) mass is 367 g/mol. The second-order valence-electron chi connectivity index (χ2n) is 7.30. The van der Waals surface area contributed by atoms with E-state index in [-0.39, 0.29) is 16.7 Å². The Balaban J connectivity index is 1.38. The maximum absolute atomic E-state index is 12.9. The minimum Gasteiger partial charge on any atom is -0.355 e. The van der Waals surface area contributed by atoms with E-state index in [1.165, 1.54) is 0 Å². The number of carbonyl (C=O) groups excluding carboxylic acids is 1. The number of aromatic amines is 1. The number of amides is 1. The van der Waals surface area contributed by atoms with Gasteiger partial charge in [-0.15, -0.1) is 11.3 Å². The topological polar surface area (TPSA) is 83.6 Å². The van der Waals surface area contributed by atoms with E-state index < -0.39 is 0 Å². The van der Waals surface area contributed by atoms with Crippen LogP contribution in [0.25, 0.3) is 11.4 Å². The highest BCUT2D eigenvalue weighted by Crippen LogP contribution is 2.65. The predicted molar refractivity (Wildman–Crippen MR) is 101 cm³/mol. The van der Waals surface area contributed by atoms with Crippen molar-refractivity contribution in [2.45, 2.75) is 32.1 Å². The van der Waals surface area contributed by atoms with Crippen molar-refractivity contribution in [1.29, 1.82) is 0 Å². The maximum atomic E-state index is 12.9. The summed E-state index contributed by atoms with van der Waals surface area (Å²) in [4.78, 5) is 22.6. The molecule has 0 bridgehead atoms. The molecule has 1 saturated carbocycles. The highest BCUT2D eigenvalue weighted by molar-refractivity contribution is 7.10. The lowest BCUT2D eigenvalue weighted by Crippen LogP contribution is -2.38. The van der Waals surface area contributed by atoms with Crippen molar-refractivity contribution in [2.24, 2.45) is 5.41 Å². The predicted octanol–water partition coefficient (Wildman–Crippen LogP) is 2.95. The third kappa shape index (κ3) is 2.82. The summed E-state index contributed by atoms with van der Waals surface area (Å²) >= 11 is 1.66. The Morgan fingerprint density at radius 1 is 1.35 bits per heavy atom. The van der Waals surface area contributed by atoms with Gasteiger partial charge in [0.15, 0.2) is 5.82 Å². The van der Waals surface area contributed by atoms with Crippen LogP contribution in [-0.4, -0.2) is 32.6 Å². The third-order valence-electron chi connectivity index (χ3n) is 5.17. The number of hydrogen-bond acceptors (Lipinski definition) is 5. The zero-order valence-electron chi connectivity index (χ0n) is 14.8. The van der Waals surface area contributed by atoms with E-state index in [1.807, 2.05) is 23.6 Å². The Morgan fingerprint density at radius 3 is 2.85 bits per heavy atom. The van der Waals surface area contributed by atoms with E-state index in [2.05, 4.69) is 45.4 Å². The summed E-state index contributed by atoms with van der Waals surface area (Å²) in [6.45, 7) is 4.84. The van der Waals surface area contributed by atoms with Gasteiger partial charge >= 0.3 is 0 Å². The standard InChI is InChI=1S/C19H21N5OS/c1-18(2)12-19(18,14-6-4-10-26-14)17(25)21-9-7-15-22-16(24-23-15)13-5-3-8-20-11-13/h3-6,8,10-11H,7,9,12H2,1-2H3,(H,21,25)(H,22,23,24). The van der Waals surface area contributed by atoms with E-state index >= 15 is 0 Å². The van der Waals surface area contributed by atoms with Crippen molar-refractivity contribution in [3.05, 3.63) is 52.7 Å². The molecule has 0 saturated heterocycles. The molecule has 1 aliphatic rings. The molecule has 1 amide bonds. The van der Waals surface area contributed by atoms with Crippen molar-refractivity contribution in [1.82, 2.24) is 25.5 Å². The van der Waals surface area contributed by atoms with E-state index in [0.29, 0.717) is 18.8 Å². The van der Waals surface area contributed by atoms with Crippen LogP contribution in [0.4, 0.5) is 0 Å². The normalized spacial score (nSPS) is 20.7. The second kappa shape index (κ2) is 6.32. The lowest BCUT2D eigenvalue weighted by atomic mass is 9.93. The van der Waals surface area contributed by atoms with Crippen LogP contribution < -0.4 is 5.32 Å². The van der Waals surface area contributed by atoms with Crippen molar-refractivity contribution in [3.63, 3.8) is 0 Å². The smallest absolute Gasteiger partial charge is 0.232 e. The van der Waals surface area contributed by atoms with Gasteiger partial charge in [0.1, 0.15) is 5.82 Å². The van der Waals surface area contributed by atoms with E-state index in [9.17, 15) is 4.79 Å². The van der Waals surface area contributed by atoms with Crippen molar-refractivity contribution >= 4 is 17.2 Å². The van der Waals surface area contributed by atoms with Gasteiger partial charge in [-0.25, -0.2) is 4.98 Å². The number of rotatable bonds is 6. The molecule has 1 fully saturated rings. The molecule has 1 unspecified atom stereocenters. The molecule has 3 aromatic rings. The quantitative estimate of drug-likeness (QED) is 0.702. The van der Waals surface area contributed by atoms with Crippen LogP contribution in [0.1, 0.15) is 31.0 Å². The van der Waals surface area contributed by atoms with Crippen molar-refractivity contribution in [2.75, 3.05) is 6.54 Å². The maximum Gasteiger partial charge on any atom is 0.232 e. The highest BCUT2D eigenvalue weighted by Gasteiger charge is 2.67. The Morgan fingerprint density at radius 2 is 2.19 bits per heavy atom. The molecule has 0 aromatic carbocycles. The van der Waals surface area contributed by atoms with Crippen LogP contribution in [0.2, 0.25) is 0 Å². The number of nitrogens with one attached hydrogen (secondary N) is 2. The molecule has 134 valence electrons. The number of thiophene rings is 1. The Labute approximate surface area is 156 Å². The van der Waals surface area contributed by atoms with Gasteiger partial charge in [-0.05, 0) is 35.4 Å². The van der Waals surface area contributed by atoms with Crippen LogP contribution in [0.3, 0.4) is 0 Å². The van der Waals surface area contributed by atoms with E-state index in [4.69, 9.17) is 0 Å². The fourth-order valence-corrected chi connectivity index (χ4v) is 4.64. The van der Waals surface area contributed by atoms with Crippen molar-refractivity contribution < 1.29 is 4.79 Å². The molecule has 2 N–H and O–H groups in total. The molecule has 1 atom stereocenters. The lowest BCUT2D eigenvalue weighted by molar-refractivity contribution is -0.124. The van der Waals surface area contributed by atoms with Crippen LogP contribution in [0.15, 0.2) is 42.0 Å². The largest absolute Gasteiger partial charge is 0.355 e. The molecule has 0 spiro atoms. The van der Waals surface area contributed by atoms with Gasteiger partial charge in [0.25, 0.3) is 0 Å². The van der Waals surface area contributed by atoms with Crippen LogP contribution in [0.5, 0.6) is 0 Å². The zero-order valence-corrected chi connectivity index (χ0v) is 15.6. The number of hydrogen-bond donors (Lipinski definition) is 2. The molecule has 3 heterocycles. The molecule has 4 rings (SSSR count). The van der Waals surface area contributed by atoms with Gasteiger partial charge in [0, 0.05) is 35.8 Å². The van der Waals surface area contributed by atoms with Gasteiger partial charge in [-0.1, -0.05) is 19.9 Å². The Kier molecular flexibility index (Phi) is 4.11. The van der Waals surface area contributed by atoms with Gasteiger partial charge in [-0.2, -0.15) is 5.10 Å². The second-order valence-corrected chi connectivity index (χ2v) is 8.24. The summed E-state index contributed by atoms with van der Waals surface area (Å²) in [6, 6.07) is 7.85. The SMILES string of the molecule is CC1(C)CC1(C(=O)NCCc1nc(-c2cccnc2)n[nH]1)c1cccs1. The summed E-state index contributed by atoms with van der Waals surface area (Å²) < 4.78 is 0. The van der Waals surface area contributed by atoms with Crippen LogP contribution >= 0.6 is 11.3 Å². The number of carbonyl (C=O) groups is 1. The average Bonchev–Trinajstić information content (AvgIpc) is 3.09. The number of nitrogens with zero attached hydrogens (tertiary/aromatic N) is 3. The molecule has 0 radical (unpaired) electrons. The first-order valence-electron chi connectivity index (χ1n) is 8.67. The van der Waals surface area contributed by atoms with Crippen molar-refractivity contribution in [3.8, 4) is 11.4 Å². The summed E-state index contributed by atoms with van der Waals surface area (Å²) in [5.74, 6) is 1.49. The molecule has 3 aromatic heterocycles. The highest BCUT2D eigenvalue weighted by atomic mass is 32.1. The molecular formula is C19H21N5OS. The summed E-state index contributed by atoms with van der Waals surface area (Å²) in [7, 11) is 0. The fourth-order valence-electron chi connectivity index (χ4n) is 3.54. The Hall–Kier alpha value is -2.54. The first kappa shape index (κ1) is 16.9. The molecule has 6 nitrogen and oxygen atoms in total. The summed E-state index contributed by atoms with van der Waals surface area (Å²) in [5.41, 5.74) is 0.487. The first-order chi connectivity index (χ1) is 12.5. The Bertz CT molecular complexity index is 903. The van der Waals surface area contributed by atoms with Crippen LogP contribution in [0, 0.1) is 5.41 Å². The minimum absolute atomic E-state index is 0.00164. The van der Waals surface area contributed by atoms with E-state index in [1.54, 1.807) is 23.7 Å². The van der Waals surface area contributed by atoms with Gasteiger partial charge in [-0.3, -0.25) is 14.9 Å². The van der Waals surface area contributed by atoms with Gasteiger partial charge in [0.05, 0.1) is 5.41 Å². The fraction of sp³-hybridized carbons (Fsp3) is 0.368. The first-order valence-corrected chi connectivity index (χ1v) is 9.55. The minimum atomic E-state index is -0.385. The average molecular weight is 367 g/mol. The molecule has 26 heavy (non-hydrogen) atoms. The van der Waals surface area contributed by atoms with Gasteiger partial charge in [0.2, 0.25) is 5.91 Å². The molecule has 7 heteroatoms. The van der Waals surface area contributed by atoms with Crippen LogP contribution in [-0.2, 0) is 16.6 Å². The lowest BCUT2D eigenvalue weighted by Gasteiger charge is -2.18.